The van der Waals surface area contributed by atoms with Crippen LogP contribution in [-0.4, -0.2) is 62.1 Å². The summed E-state index contributed by atoms with van der Waals surface area (Å²) in [4.78, 5) is 30.7. The minimum atomic E-state index is -5.08. The number of benzene rings is 1. The Morgan fingerprint density at radius 2 is 1.76 bits per heavy atom. The molecule has 1 amide bonds. The number of aliphatic carboxylic acids is 1. The fourth-order valence-corrected chi connectivity index (χ4v) is 3.88. The zero-order valence-electron chi connectivity index (χ0n) is 18.2. The van der Waals surface area contributed by atoms with Gasteiger partial charge in [0.15, 0.2) is 0 Å². The lowest BCUT2D eigenvalue weighted by molar-refractivity contribution is -0.192. The molecule has 0 bridgehead atoms. The van der Waals surface area contributed by atoms with E-state index in [9.17, 15) is 22.4 Å². The van der Waals surface area contributed by atoms with Crippen molar-refractivity contribution in [1.29, 1.82) is 0 Å². The molecule has 33 heavy (non-hydrogen) atoms. The number of aryl methyl sites for hydroxylation is 2. The average Bonchev–Trinajstić information content (AvgIpc) is 3.34. The van der Waals surface area contributed by atoms with E-state index in [1.165, 1.54) is 18.9 Å². The molecule has 0 unspecified atom stereocenters. The van der Waals surface area contributed by atoms with E-state index in [1.807, 2.05) is 11.2 Å². The van der Waals surface area contributed by atoms with E-state index in [0.717, 1.165) is 44.0 Å². The second-order valence-corrected chi connectivity index (χ2v) is 8.16. The summed E-state index contributed by atoms with van der Waals surface area (Å²) in [5.74, 6) is -3.19. The van der Waals surface area contributed by atoms with Gasteiger partial charge in [-0.25, -0.2) is 14.2 Å². The first-order valence-electron chi connectivity index (χ1n) is 10.7. The first-order chi connectivity index (χ1) is 15.6. The van der Waals surface area contributed by atoms with Gasteiger partial charge in [-0.3, -0.25) is 9.69 Å². The molecule has 0 atom stereocenters. The molecule has 0 saturated carbocycles. The number of aromatic nitrogens is 2. The maximum Gasteiger partial charge on any atom is 0.490 e. The monoisotopic (exact) mass is 470 g/mol. The Hall–Kier alpha value is -2.95. The zero-order chi connectivity index (χ0) is 24.2. The number of nitrogens with zero attached hydrogens (tertiary/aromatic N) is 4. The number of carbonyl (C=O) groups is 2. The standard InChI is InChI=1S/C20H25FN4O.C2HF3O2/c1-15-5-6-16(11-17(15)21)20(26)24-9-4-10-25-14-22-18(19(25)13-24)12-23-7-2-3-8-23;3-2(4,5)1(6)7/h5-6,11,14H,2-4,7-10,12-13H2,1H3;(H,6,7). The van der Waals surface area contributed by atoms with Gasteiger partial charge in [0.25, 0.3) is 5.91 Å². The van der Waals surface area contributed by atoms with Gasteiger partial charge in [0.05, 0.1) is 24.3 Å². The van der Waals surface area contributed by atoms with Gasteiger partial charge in [0.1, 0.15) is 5.82 Å². The summed E-state index contributed by atoms with van der Waals surface area (Å²) in [6, 6.07) is 4.74. The van der Waals surface area contributed by atoms with Crippen molar-refractivity contribution in [3.05, 3.63) is 52.9 Å². The van der Waals surface area contributed by atoms with Crippen LogP contribution < -0.4 is 0 Å². The molecule has 1 fully saturated rings. The van der Waals surface area contributed by atoms with Crippen molar-refractivity contribution in [3.63, 3.8) is 0 Å². The molecular weight excluding hydrogens is 444 g/mol. The second kappa shape index (κ2) is 10.3. The number of amides is 1. The third-order valence-electron chi connectivity index (χ3n) is 5.72. The summed E-state index contributed by atoms with van der Waals surface area (Å²) in [6.07, 6.45) is 0.201. The van der Waals surface area contributed by atoms with Crippen molar-refractivity contribution in [2.45, 2.75) is 52.0 Å². The highest BCUT2D eigenvalue weighted by molar-refractivity contribution is 5.94. The maximum absolute atomic E-state index is 13.9. The van der Waals surface area contributed by atoms with Gasteiger partial charge in [0.2, 0.25) is 0 Å². The van der Waals surface area contributed by atoms with Crippen LogP contribution in [0.25, 0.3) is 0 Å². The third kappa shape index (κ3) is 6.31. The molecule has 3 heterocycles. The predicted octanol–water partition coefficient (Wildman–Crippen LogP) is 3.61. The summed E-state index contributed by atoms with van der Waals surface area (Å²) >= 11 is 0. The summed E-state index contributed by atoms with van der Waals surface area (Å²) in [5.41, 5.74) is 3.17. The summed E-state index contributed by atoms with van der Waals surface area (Å²) in [7, 11) is 0. The molecule has 11 heteroatoms. The van der Waals surface area contributed by atoms with Gasteiger partial charge >= 0.3 is 12.1 Å². The van der Waals surface area contributed by atoms with Crippen LogP contribution >= 0.6 is 0 Å². The van der Waals surface area contributed by atoms with Crippen LogP contribution in [0.3, 0.4) is 0 Å². The summed E-state index contributed by atoms with van der Waals surface area (Å²) in [6.45, 7) is 6.89. The number of hydrogen-bond acceptors (Lipinski definition) is 4. The molecule has 7 nitrogen and oxygen atoms in total. The highest BCUT2D eigenvalue weighted by Gasteiger charge is 2.38. The van der Waals surface area contributed by atoms with E-state index in [-0.39, 0.29) is 11.7 Å². The Kier molecular flexibility index (Phi) is 7.72. The van der Waals surface area contributed by atoms with Crippen molar-refractivity contribution >= 4 is 11.9 Å². The second-order valence-electron chi connectivity index (χ2n) is 8.16. The topological polar surface area (TPSA) is 78.7 Å². The highest BCUT2D eigenvalue weighted by Crippen LogP contribution is 2.21. The van der Waals surface area contributed by atoms with Crippen molar-refractivity contribution in [3.8, 4) is 0 Å². The van der Waals surface area contributed by atoms with Gasteiger partial charge in [-0.2, -0.15) is 13.2 Å². The lowest BCUT2D eigenvalue weighted by Crippen LogP contribution is -2.31. The molecule has 0 spiro atoms. The number of rotatable bonds is 3. The van der Waals surface area contributed by atoms with Gasteiger partial charge in [0, 0.05) is 25.2 Å². The molecule has 2 aliphatic rings. The van der Waals surface area contributed by atoms with Crippen LogP contribution in [0.1, 0.15) is 46.6 Å². The molecule has 2 aliphatic heterocycles. The largest absolute Gasteiger partial charge is 0.490 e. The van der Waals surface area contributed by atoms with Crippen molar-refractivity contribution in [2.75, 3.05) is 19.6 Å². The SMILES string of the molecule is Cc1ccc(C(=O)N2CCCn3cnc(CN4CCCC4)c3C2)cc1F.O=C(O)C(F)(F)F. The zero-order valence-corrected chi connectivity index (χ0v) is 18.2. The van der Waals surface area contributed by atoms with Crippen molar-refractivity contribution < 1.29 is 32.3 Å². The fourth-order valence-electron chi connectivity index (χ4n) is 3.88. The summed E-state index contributed by atoms with van der Waals surface area (Å²) in [5, 5.41) is 7.12. The minimum absolute atomic E-state index is 0.106. The number of hydrogen-bond donors (Lipinski definition) is 1. The van der Waals surface area contributed by atoms with Gasteiger partial charge < -0.3 is 14.6 Å². The van der Waals surface area contributed by atoms with Crippen LogP contribution in [0.15, 0.2) is 24.5 Å². The molecular formula is C22H26F4N4O3. The molecule has 0 aliphatic carbocycles. The van der Waals surface area contributed by atoms with E-state index in [2.05, 4.69) is 14.5 Å². The van der Waals surface area contributed by atoms with Crippen LogP contribution in [0.4, 0.5) is 17.6 Å². The van der Waals surface area contributed by atoms with Crippen LogP contribution in [0.5, 0.6) is 0 Å². The Labute approximate surface area is 188 Å². The smallest absolute Gasteiger partial charge is 0.475 e. The molecule has 4 rings (SSSR count). The van der Waals surface area contributed by atoms with E-state index in [0.29, 0.717) is 24.2 Å². The molecule has 1 N–H and O–H groups in total. The Bertz CT molecular complexity index is 1000. The van der Waals surface area contributed by atoms with Crippen LogP contribution in [0.2, 0.25) is 0 Å². The number of imidazole rings is 1. The number of fused-ring (bicyclic) bond motifs is 1. The minimum Gasteiger partial charge on any atom is -0.475 e. The number of carbonyl (C=O) groups excluding carboxylic acids is 1. The van der Waals surface area contributed by atoms with Gasteiger partial charge in [-0.1, -0.05) is 6.07 Å². The molecule has 1 aromatic carbocycles. The fraction of sp³-hybridized carbons (Fsp3) is 0.500. The van der Waals surface area contributed by atoms with E-state index in [4.69, 9.17) is 9.90 Å². The number of halogens is 4. The Morgan fingerprint density at radius 1 is 1.09 bits per heavy atom. The van der Waals surface area contributed by atoms with Crippen LogP contribution in [0, 0.1) is 12.7 Å². The first-order valence-corrected chi connectivity index (χ1v) is 10.7. The first kappa shape index (κ1) is 24.7. The van der Waals surface area contributed by atoms with Crippen molar-refractivity contribution in [2.24, 2.45) is 0 Å². The van der Waals surface area contributed by atoms with Crippen molar-refractivity contribution in [1.82, 2.24) is 19.4 Å². The van der Waals surface area contributed by atoms with E-state index < -0.39 is 12.1 Å². The number of carboxylic acid groups (broad SMARTS) is 1. The number of likely N-dealkylation sites (tertiary alicyclic amines) is 1. The lowest BCUT2D eigenvalue weighted by atomic mass is 10.1. The Balaban J connectivity index is 0.000000383. The molecule has 1 aromatic heterocycles. The normalized spacial score (nSPS) is 16.6. The van der Waals surface area contributed by atoms with E-state index in [1.54, 1.807) is 19.1 Å². The van der Waals surface area contributed by atoms with Crippen LogP contribution in [-0.2, 0) is 24.4 Å². The highest BCUT2D eigenvalue weighted by atomic mass is 19.4. The average molecular weight is 470 g/mol. The quantitative estimate of drug-likeness (QED) is 0.694. The van der Waals surface area contributed by atoms with Gasteiger partial charge in [-0.15, -0.1) is 0 Å². The van der Waals surface area contributed by atoms with E-state index >= 15 is 0 Å². The molecule has 0 radical (unpaired) electrons. The number of carboxylic acids is 1. The Morgan fingerprint density at radius 3 is 2.36 bits per heavy atom. The van der Waals surface area contributed by atoms with Gasteiger partial charge in [-0.05, 0) is 57.0 Å². The third-order valence-corrected chi connectivity index (χ3v) is 5.72. The number of alkyl halides is 3. The maximum atomic E-state index is 13.9. The molecule has 1 saturated heterocycles. The summed E-state index contributed by atoms with van der Waals surface area (Å²) < 4.78 is 47.8. The molecule has 2 aromatic rings. The predicted molar refractivity (Wildman–Crippen MR) is 111 cm³/mol. The lowest BCUT2D eigenvalue weighted by Gasteiger charge is -2.22. The molecule has 180 valence electrons.